The van der Waals surface area contributed by atoms with Gasteiger partial charge in [-0.25, -0.2) is 0 Å². The molecule has 0 spiro atoms. The first-order valence-electron chi connectivity index (χ1n) is 7.08. The predicted molar refractivity (Wildman–Crippen MR) is 90.4 cm³/mol. The van der Waals surface area contributed by atoms with E-state index in [2.05, 4.69) is 0 Å². The van der Waals surface area contributed by atoms with Crippen LogP contribution in [0.1, 0.15) is 19.4 Å². The van der Waals surface area contributed by atoms with Crippen molar-refractivity contribution in [1.29, 1.82) is 0 Å². The van der Waals surface area contributed by atoms with E-state index in [1.807, 2.05) is 62.4 Å². The number of hydrogen-bond acceptors (Lipinski definition) is 2. The normalized spacial score (nSPS) is 12.2. The summed E-state index contributed by atoms with van der Waals surface area (Å²) >= 11 is -0.0541. The van der Waals surface area contributed by atoms with Gasteiger partial charge >= 0.3 is 134 Å². The molecule has 3 aromatic rings. The number of rotatable bonds is 3. The molecule has 1 aromatic heterocycles. The van der Waals surface area contributed by atoms with Crippen molar-refractivity contribution in [2.45, 2.75) is 19.9 Å². The van der Waals surface area contributed by atoms with Gasteiger partial charge in [-0.2, -0.15) is 0 Å². The van der Waals surface area contributed by atoms with Gasteiger partial charge < -0.3 is 0 Å². The van der Waals surface area contributed by atoms with E-state index in [1.165, 1.54) is 0 Å². The number of nitrogens with zero attached hydrogens (tertiary/aromatic N) is 2. The summed E-state index contributed by atoms with van der Waals surface area (Å²) in [6.07, 6.45) is 1.56. The molecule has 4 nitrogen and oxygen atoms in total. The number of hydroxylamine groups is 1. The molecule has 1 heterocycles. The van der Waals surface area contributed by atoms with Gasteiger partial charge in [-0.05, 0) is 0 Å². The minimum absolute atomic E-state index is 0.0376. The molecule has 0 unspecified atom stereocenters. The molecule has 112 valence electrons. The van der Waals surface area contributed by atoms with Crippen LogP contribution in [0.15, 0.2) is 53.3 Å². The first-order chi connectivity index (χ1) is 10.6. The van der Waals surface area contributed by atoms with Crippen LogP contribution in [0, 0.1) is 5.21 Å². The molecule has 5 heteroatoms. The SMILES string of the molecule is CC(C)/[N+]([O-])=C\c1cccc(-n2[se]c3ccccc3c2=O)c1. The Bertz CT molecular complexity index is 906. The summed E-state index contributed by atoms with van der Waals surface area (Å²) in [5.74, 6) is 0. The van der Waals surface area contributed by atoms with Crippen LogP contribution in [0.25, 0.3) is 15.3 Å². The van der Waals surface area contributed by atoms with E-state index in [-0.39, 0.29) is 26.3 Å². The third kappa shape index (κ3) is 2.78. The molecule has 0 aliphatic carbocycles. The molecule has 0 aliphatic heterocycles. The Labute approximate surface area is 134 Å². The Morgan fingerprint density at radius 1 is 1.18 bits per heavy atom. The molecule has 0 radical (unpaired) electrons. The topological polar surface area (TPSA) is 48.1 Å². The number of fused-ring (bicyclic) bond motifs is 1. The molecule has 0 saturated carbocycles. The van der Waals surface area contributed by atoms with E-state index in [4.69, 9.17) is 0 Å². The van der Waals surface area contributed by atoms with E-state index in [0.29, 0.717) is 0 Å². The fourth-order valence-corrected chi connectivity index (χ4v) is 4.25. The zero-order chi connectivity index (χ0) is 15.7. The van der Waals surface area contributed by atoms with Crippen molar-refractivity contribution in [1.82, 2.24) is 3.56 Å². The van der Waals surface area contributed by atoms with E-state index in [9.17, 15) is 10.0 Å². The molecule has 2 aromatic carbocycles. The van der Waals surface area contributed by atoms with Crippen molar-refractivity contribution in [3.63, 3.8) is 0 Å². The van der Waals surface area contributed by atoms with Crippen molar-refractivity contribution in [3.05, 3.63) is 69.7 Å². The van der Waals surface area contributed by atoms with Crippen molar-refractivity contribution in [2.75, 3.05) is 0 Å². The third-order valence-corrected chi connectivity index (χ3v) is 5.71. The first-order valence-corrected chi connectivity index (χ1v) is 8.70. The van der Waals surface area contributed by atoms with Gasteiger partial charge in [0, 0.05) is 0 Å². The molecule has 22 heavy (non-hydrogen) atoms. The summed E-state index contributed by atoms with van der Waals surface area (Å²) in [5.41, 5.74) is 1.68. The Morgan fingerprint density at radius 3 is 2.68 bits per heavy atom. The molecule has 0 amide bonds. The van der Waals surface area contributed by atoms with Gasteiger partial charge in [-0.3, -0.25) is 0 Å². The summed E-state index contributed by atoms with van der Waals surface area (Å²) in [4.78, 5) is 12.5. The Morgan fingerprint density at radius 2 is 1.95 bits per heavy atom. The second kappa shape index (κ2) is 5.95. The van der Waals surface area contributed by atoms with Gasteiger partial charge in [-0.15, -0.1) is 0 Å². The maximum atomic E-state index is 12.5. The third-order valence-electron chi connectivity index (χ3n) is 3.38. The Balaban J connectivity index is 2.10. The van der Waals surface area contributed by atoms with E-state index < -0.39 is 0 Å². The van der Waals surface area contributed by atoms with Crippen molar-refractivity contribution in [2.24, 2.45) is 0 Å². The standard InChI is InChI=1S/C17H16N2O2Se/c1-12(2)18(21)11-13-6-5-7-14(10-13)19-17(20)15-8-3-4-9-16(15)22-19/h3-12H,1-2H3/b18-11+. The van der Waals surface area contributed by atoms with Gasteiger partial charge in [0.25, 0.3) is 0 Å². The van der Waals surface area contributed by atoms with E-state index >= 15 is 0 Å². The number of aromatic nitrogens is 1. The second-order valence-corrected chi connectivity index (χ2v) is 7.44. The molecule has 0 bridgehead atoms. The molecule has 0 N–H and O–H groups in total. The minimum atomic E-state index is -0.106. The quantitative estimate of drug-likeness (QED) is 0.237. The number of hydrogen-bond donors (Lipinski definition) is 0. The molecular formula is C17H16N2O2Se. The van der Waals surface area contributed by atoms with Crippen LogP contribution >= 0.6 is 0 Å². The van der Waals surface area contributed by atoms with Gasteiger partial charge in [-0.1, -0.05) is 0 Å². The zero-order valence-electron chi connectivity index (χ0n) is 12.4. The van der Waals surface area contributed by atoms with Crippen molar-refractivity contribution in [3.8, 4) is 5.69 Å². The average Bonchev–Trinajstić information content (AvgIpc) is 2.85. The molecule has 0 aliphatic rings. The zero-order valence-corrected chi connectivity index (χ0v) is 14.1. The van der Waals surface area contributed by atoms with Crippen LogP contribution in [0.2, 0.25) is 0 Å². The van der Waals surface area contributed by atoms with Crippen LogP contribution in [0.3, 0.4) is 0 Å². The predicted octanol–water partition coefficient (Wildman–Crippen LogP) is 2.39. The summed E-state index contributed by atoms with van der Waals surface area (Å²) in [6.45, 7) is 3.69. The van der Waals surface area contributed by atoms with Crippen LogP contribution in [0.4, 0.5) is 0 Å². The number of benzene rings is 2. The van der Waals surface area contributed by atoms with Crippen molar-refractivity contribution < 1.29 is 4.74 Å². The maximum absolute atomic E-state index is 12.5. The average molecular weight is 359 g/mol. The summed E-state index contributed by atoms with van der Waals surface area (Å²) < 4.78 is 3.83. The molecule has 0 fully saturated rings. The van der Waals surface area contributed by atoms with Gasteiger partial charge in [0.15, 0.2) is 0 Å². The van der Waals surface area contributed by atoms with Gasteiger partial charge in [0.2, 0.25) is 0 Å². The van der Waals surface area contributed by atoms with Crippen LogP contribution in [-0.4, -0.2) is 35.3 Å². The summed E-state index contributed by atoms with van der Waals surface area (Å²) in [5, 5.41) is 12.6. The van der Waals surface area contributed by atoms with Crippen LogP contribution in [0.5, 0.6) is 0 Å². The van der Waals surface area contributed by atoms with E-state index in [0.717, 1.165) is 25.6 Å². The molecule has 3 rings (SSSR count). The van der Waals surface area contributed by atoms with Crippen LogP contribution in [-0.2, 0) is 0 Å². The summed E-state index contributed by atoms with van der Waals surface area (Å²) in [6, 6.07) is 15.2. The summed E-state index contributed by atoms with van der Waals surface area (Å²) in [7, 11) is 0. The second-order valence-electron chi connectivity index (χ2n) is 5.36. The monoisotopic (exact) mass is 360 g/mol. The van der Waals surface area contributed by atoms with E-state index in [1.54, 1.807) is 9.78 Å². The Kier molecular flexibility index (Phi) is 4.01. The Hall–Kier alpha value is -2.10. The fourth-order valence-electron chi connectivity index (χ4n) is 2.17. The van der Waals surface area contributed by atoms with Gasteiger partial charge in [0.1, 0.15) is 0 Å². The van der Waals surface area contributed by atoms with Gasteiger partial charge in [0.05, 0.1) is 0 Å². The van der Waals surface area contributed by atoms with Crippen molar-refractivity contribution >= 4 is 30.6 Å². The first kappa shape index (κ1) is 14.8. The fraction of sp³-hybridized carbons (Fsp3) is 0.176. The molecule has 0 saturated heterocycles. The van der Waals surface area contributed by atoms with Crippen LogP contribution < -0.4 is 5.56 Å². The molecular weight excluding hydrogens is 343 g/mol. The molecule has 0 atom stereocenters.